The molecule has 110 valence electrons. The molecule has 4 nitrogen and oxygen atoms in total. The Morgan fingerprint density at radius 2 is 2.00 bits per heavy atom. The van der Waals surface area contributed by atoms with Gasteiger partial charge in [-0.05, 0) is 43.7 Å². The maximum Gasteiger partial charge on any atom is 0.251 e. The molecule has 4 heteroatoms. The fourth-order valence-electron chi connectivity index (χ4n) is 2.98. The average molecular weight is 277 g/mol. The van der Waals surface area contributed by atoms with Crippen molar-refractivity contribution in [3.63, 3.8) is 0 Å². The van der Waals surface area contributed by atoms with Crippen LogP contribution in [0.4, 0.5) is 0 Å². The van der Waals surface area contributed by atoms with Crippen molar-refractivity contribution in [1.82, 2.24) is 5.32 Å². The molecule has 0 heterocycles. The third kappa shape index (κ3) is 3.31. The third-order valence-corrected chi connectivity index (χ3v) is 4.38. The number of aliphatic hydroxyl groups excluding tert-OH is 1. The van der Waals surface area contributed by atoms with Crippen LogP contribution in [0, 0.1) is 18.8 Å². The van der Waals surface area contributed by atoms with Crippen molar-refractivity contribution in [2.24, 2.45) is 11.8 Å². The monoisotopic (exact) mass is 277 g/mol. The van der Waals surface area contributed by atoms with Gasteiger partial charge in [0.15, 0.2) is 0 Å². The van der Waals surface area contributed by atoms with Crippen molar-refractivity contribution >= 4 is 5.91 Å². The summed E-state index contributed by atoms with van der Waals surface area (Å²) in [6, 6.07) is 4.97. The molecule has 1 aromatic rings. The molecule has 0 aromatic heterocycles. The molecule has 0 radical (unpaired) electrons. The van der Waals surface area contributed by atoms with Crippen LogP contribution in [-0.4, -0.2) is 29.3 Å². The fourth-order valence-corrected chi connectivity index (χ4v) is 2.98. The van der Waals surface area contributed by atoms with Crippen molar-refractivity contribution in [2.45, 2.75) is 32.6 Å². The zero-order valence-electron chi connectivity index (χ0n) is 11.9. The van der Waals surface area contributed by atoms with Gasteiger partial charge in [0, 0.05) is 24.3 Å². The molecule has 0 saturated heterocycles. The molecule has 0 bridgehead atoms. The number of aliphatic hydroxyl groups is 1. The van der Waals surface area contributed by atoms with E-state index in [1.165, 1.54) is 12.8 Å². The molecule has 3 N–H and O–H groups in total. The number of phenols is 1. The van der Waals surface area contributed by atoms with Crippen LogP contribution in [-0.2, 0) is 0 Å². The molecule has 1 aromatic carbocycles. The normalized spacial score (nSPS) is 22.5. The largest absolute Gasteiger partial charge is 0.508 e. The summed E-state index contributed by atoms with van der Waals surface area (Å²) in [4.78, 5) is 12.2. The number of nitrogens with one attached hydrogen (secondary N) is 1. The molecule has 1 aliphatic carbocycles. The van der Waals surface area contributed by atoms with E-state index in [2.05, 4.69) is 5.32 Å². The molecular formula is C16H23NO3. The fraction of sp³-hybridized carbons (Fsp3) is 0.562. The minimum Gasteiger partial charge on any atom is -0.508 e. The Morgan fingerprint density at radius 3 is 2.70 bits per heavy atom. The summed E-state index contributed by atoms with van der Waals surface area (Å²) in [6.45, 7) is 2.53. The highest BCUT2D eigenvalue weighted by Gasteiger charge is 2.25. The zero-order chi connectivity index (χ0) is 14.5. The Balaban J connectivity index is 1.96. The Kier molecular flexibility index (Phi) is 5.01. The van der Waals surface area contributed by atoms with E-state index in [0.29, 0.717) is 29.5 Å². The van der Waals surface area contributed by atoms with Crippen molar-refractivity contribution in [2.75, 3.05) is 13.2 Å². The summed E-state index contributed by atoms with van der Waals surface area (Å²) in [5.74, 6) is 0.647. The highest BCUT2D eigenvalue weighted by atomic mass is 16.3. The van der Waals surface area contributed by atoms with Gasteiger partial charge in [0.25, 0.3) is 5.91 Å². The predicted molar refractivity (Wildman–Crippen MR) is 77.7 cm³/mol. The van der Waals surface area contributed by atoms with E-state index < -0.39 is 0 Å². The first-order chi connectivity index (χ1) is 9.63. The van der Waals surface area contributed by atoms with Gasteiger partial charge in [-0.15, -0.1) is 0 Å². The van der Waals surface area contributed by atoms with Crippen LogP contribution in [0.5, 0.6) is 5.75 Å². The number of phenolic OH excluding ortho intramolecular Hbond substituents is 1. The number of benzene rings is 1. The first-order valence-electron chi connectivity index (χ1n) is 7.31. The minimum absolute atomic E-state index is 0.142. The first kappa shape index (κ1) is 14.9. The summed E-state index contributed by atoms with van der Waals surface area (Å²) >= 11 is 0. The van der Waals surface area contributed by atoms with Gasteiger partial charge in [0.1, 0.15) is 5.75 Å². The van der Waals surface area contributed by atoms with Crippen LogP contribution >= 0.6 is 0 Å². The summed E-state index contributed by atoms with van der Waals surface area (Å²) in [7, 11) is 0. The lowest BCUT2D eigenvalue weighted by molar-refractivity contribution is 0.0908. The van der Waals surface area contributed by atoms with E-state index in [1.54, 1.807) is 25.1 Å². The van der Waals surface area contributed by atoms with Gasteiger partial charge < -0.3 is 15.5 Å². The molecule has 1 amide bonds. The van der Waals surface area contributed by atoms with Crippen molar-refractivity contribution in [3.05, 3.63) is 29.3 Å². The van der Waals surface area contributed by atoms with Crippen LogP contribution in [0.3, 0.4) is 0 Å². The second-order valence-corrected chi connectivity index (χ2v) is 5.65. The smallest absolute Gasteiger partial charge is 0.251 e. The third-order valence-electron chi connectivity index (χ3n) is 4.38. The van der Waals surface area contributed by atoms with Crippen LogP contribution < -0.4 is 5.32 Å². The number of carbonyl (C=O) groups is 1. The Bertz CT molecular complexity index is 473. The van der Waals surface area contributed by atoms with Gasteiger partial charge in [0.05, 0.1) is 0 Å². The Labute approximate surface area is 119 Å². The van der Waals surface area contributed by atoms with Crippen LogP contribution in [0.2, 0.25) is 0 Å². The average Bonchev–Trinajstić information content (AvgIpc) is 2.48. The molecule has 2 unspecified atom stereocenters. The maximum absolute atomic E-state index is 12.2. The second-order valence-electron chi connectivity index (χ2n) is 5.65. The highest BCUT2D eigenvalue weighted by molar-refractivity contribution is 5.96. The number of hydrogen-bond acceptors (Lipinski definition) is 3. The number of carbonyl (C=O) groups excluding carboxylic acids is 1. The van der Waals surface area contributed by atoms with Crippen LogP contribution in [0.1, 0.15) is 41.6 Å². The second kappa shape index (κ2) is 6.75. The molecule has 2 rings (SSSR count). The van der Waals surface area contributed by atoms with Gasteiger partial charge in [0.2, 0.25) is 0 Å². The van der Waals surface area contributed by atoms with E-state index >= 15 is 0 Å². The molecule has 20 heavy (non-hydrogen) atoms. The lowest BCUT2D eigenvalue weighted by atomic mass is 9.79. The van der Waals surface area contributed by atoms with E-state index in [9.17, 15) is 15.0 Å². The SMILES string of the molecule is Cc1c(O)cccc1C(=O)NCC1CCCCC1CO. The van der Waals surface area contributed by atoms with E-state index in [1.807, 2.05) is 0 Å². The molecule has 2 atom stereocenters. The number of hydrogen-bond donors (Lipinski definition) is 3. The molecule has 1 aliphatic rings. The Morgan fingerprint density at radius 1 is 1.30 bits per heavy atom. The topological polar surface area (TPSA) is 69.6 Å². The summed E-state index contributed by atoms with van der Waals surface area (Å²) in [6.07, 6.45) is 4.44. The van der Waals surface area contributed by atoms with E-state index in [-0.39, 0.29) is 18.3 Å². The Hall–Kier alpha value is -1.55. The quantitative estimate of drug-likeness (QED) is 0.790. The summed E-state index contributed by atoms with van der Waals surface area (Å²) in [5, 5.41) is 22.0. The van der Waals surface area contributed by atoms with Gasteiger partial charge in [-0.2, -0.15) is 0 Å². The summed E-state index contributed by atoms with van der Waals surface area (Å²) < 4.78 is 0. The van der Waals surface area contributed by atoms with Crippen LogP contribution in [0.15, 0.2) is 18.2 Å². The maximum atomic E-state index is 12.2. The molecular weight excluding hydrogens is 254 g/mol. The van der Waals surface area contributed by atoms with Gasteiger partial charge >= 0.3 is 0 Å². The molecule has 0 aliphatic heterocycles. The molecule has 1 fully saturated rings. The van der Waals surface area contributed by atoms with Crippen molar-refractivity contribution in [3.8, 4) is 5.75 Å². The lowest BCUT2D eigenvalue weighted by Gasteiger charge is -2.30. The van der Waals surface area contributed by atoms with Crippen molar-refractivity contribution < 1.29 is 15.0 Å². The lowest BCUT2D eigenvalue weighted by Crippen LogP contribution is -2.35. The van der Waals surface area contributed by atoms with Gasteiger partial charge in [-0.25, -0.2) is 0 Å². The zero-order valence-corrected chi connectivity index (χ0v) is 11.9. The van der Waals surface area contributed by atoms with Crippen LogP contribution in [0.25, 0.3) is 0 Å². The number of rotatable bonds is 4. The van der Waals surface area contributed by atoms with Crippen molar-refractivity contribution in [1.29, 1.82) is 0 Å². The molecule has 1 saturated carbocycles. The summed E-state index contributed by atoms with van der Waals surface area (Å²) in [5.41, 5.74) is 1.12. The number of aromatic hydroxyl groups is 1. The number of amides is 1. The standard InChI is InChI=1S/C16H23NO3/c1-11-14(7-4-8-15(11)19)16(20)17-9-12-5-2-3-6-13(12)10-18/h4,7-8,12-13,18-19H,2-3,5-6,9-10H2,1H3,(H,17,20). The van der Waals surface area contributed by atoms with Gasteiger partial charge in [-0.1, -0.05) is 18.9 Å². The van der Waals surface area contributed by atoms with Gasteiger partial charge in [-0.3, -0.25) is 4.79 Å². The predicted octanol–water partition coefficient (Wildman–Crippen LogP) is 2.23. The molecule has 0 spiro atoms. The minimum atomic E-state index is -0.152. The van der Waals surface area contributed by atoms with E-state index in [0.717, 1.165) is 12.8 Å². The first-order valence-corrected chi connectivity index (χ1v) is 7.31. The highest BCUT2D eigenvalue weighted by Crippen LogP contribution is 2.29. The van der Waals surface area contributed by atoms with E-state index in [4.69, 9.17) is 0 Å².